The smallest absolute Gasteiger partial charge is 0.0723 e. The minimum atomic E-state index is 0.986. The predicted molar refractivity (Wildman–Crippen MR) is 134 cm³/mol. The molecule has 0 unspecified atom stereocenters. The summed E-state index contributed by atoms with van der Waals surface area (Å²) in [6.07, 6.45) is 1.86. The Hall–Kier alpha value is -2.89. The van der Waals surface area contributed by atoms with Crippen LogP contribution in [0.4, 0.5) is 17.1 Å². The van der Waals surface area contributed by atoms with E-state index in [1.165, 1.54) is 16.8 Å². The van der Waals surface area contributed by atoms with E-state index >= 15 is 0 Å². The second kappa shape index (κ2) is 8.69. The largest absolute Gasteiger partial charge is 0.369 e. The Bertz CT molecular complexity index is 1180. The number of nitrogens with one attached hydrogen (secondary N) is 1. The topological polar surface area (TPSA) is 31.4 Å². The van der Waals surface area contributed by atoms with Gasteiger partial charge in [-0.3, -0.25) is 4.98 Å². The van der Waals surface area contributed by atoms with Gasteiger partial charge >= 0.3 is 0 Å². The minimum Gasteiger partial charge on any atom is -0.369 e. The van der Waals surface area contributed by atoms with E-state index in [4.69, 9.17) is 0 Å². The molecular formula is C26H25BrN4. The first-order valence-corrected chi connectivity index (χ1v) is 11.4. The van der Waals surface area contributed by atoms with Gasteiger partial charge in [-0.05, 0) is 72.8 Å². The van der Waals surface area contributed by atoms with E-state index in [9.17, 15) is 0 Å². The van der Waals surface area contributed by atoms with Crippen molar-refractivity contribution in [2.75, 3.05) is 43.4 Å². The SMILES string of the molecule is CN1CCN(c2ccc(Nc3ccnc4ccc(-c5ccc(Br)cc5)cc34)cc2)CC1. The lowest BCUT2D eigenvalue weighted by molar-refractivity contribution is 0.313. The fourth-order valence-corrected chi connectivity index (χ4v) is 4.32. The van der Waals surface area contributed by atoms with Crippen LogP contribution in [0.25, 0.3) is 22.0 Å². The van der Waals surface area contributed by atoms with Crippen LogP contribution in [0.1, 0.15) is 0 Å². The van der Waals surface area contributed by atoms with Crippen molar-refractivity contribution in [2.45, 2.75) is 0 Å². The third kappa shape index (κ3) is 4.43. The van der Waals surface area contributed by atoms with Gasteiger partial charge in [0.15, 0.2) is 0 Å². The van der Waals surface area contributed by atoms with E-state index in [0.717, 1.165) is 52.9 Å². The highest BCUT2D eigenvalue weighted by molar-refractivity contribution is 9.10. The van der Waals surface area contributed by atoms with Gasteiger partial charge < -0.3 is 15.1 Å². The van der Waals surface area contributed by atoms with Gasteiger partial charge in [-0.2, -0.15) is 0 Å². The van der Waals surface area contributed by atoms with Crippen molar-refractivity contribution in [1.29, 1.82) is 0 Å². The third-order valence-electron chi connectivity index (χ3n) is 5.93. The maximum absolute atomic E-state index is 4.56. The molecule has 0 amide bonds. The molecule has 1 aromatic heterocycles. The molecule has 156 valence electrons. The number of benzene rings is 3. The zero-order valence-electron chi connectivity index (χ0n) is 17.6. The predicted octanol–water partition coefficient (Wildman–Crippen LogP) is 6.16. The number of fused-ring (bicyclic) bond motifs is 1. The van der Waals surface area contributed by atoms with Crippen molar-refractivity contribution >= 4 is 43.9 Å². The quantitative estimate of drug-likeness (QED) is 0.385. The Labute approximate surface area is 191 Å². The molecule has 1 N–H and O–H groups in total. The molecule has 1 aliphatic heterocycles. The van der Waals surface area contributed by atoms with Crippen LogP contribution in [0.3, 0.4) is 0 Å². The molecule has 0 saturated carbocycles. The molecule has 0 bridgehead atoms. The zero-order chi connectivity index (χ0) is 21.2. The molecule has 1 aliphatic rings. The van der Waals surface area contributed by atoms with E-state index in [0.29, 0.717) is 0 Å². The van der Waals surface area contributed by atoms with Gasteiger partial charge in [0.1, 0.15) is 0 Å². The number of halogens is 1. The summed E-state index contributed by atoms with van der Waals surface area (Å²) >= 11 is 3.51. The fourth-order valence-electron chi connectivity index (χ4n) is 4.05. The van der Waals surface area contributed by atoms with Crippen molar-refractivity contribution in [3.63, 3.8) is 0 Å². The summed E-state index contributed by atoms with van der Waals surface area (Å²) in [5, 5.41) is 4.71. The Morgan fingerprint density at radius 1 is 0.806 bits per heavy atom. The van der Waals surface area contributed by atoms with Crippen LogP contribution in [0.5, 0.6) is 0 Å². The molecular weight excluding hydrogens is 448 g/mol. The van der Waals surface area contributed by atoms with Crippen LogP contribution in [0.2, 0.25) is 0 Å². The number of aromatic nitrogens is 1. The number of nitrogens with zero attached hydrogens (tertiary/aromatic N) is 3. The van der Waals surface area contributed by atoms with Gasteiger partial charge in [-0.25, -0.2) is 0 Å². The lowest BCUT2D eigenvalue weighted by Crippen LogP contribution is -2.44. The average molecular weight is 473 g/mol. The van der Waals surface area contributed by atoms with Crippen molar-refractivity contribution in [2.24, 2.45) is 0 Å². The average Bonchev–Trinajstić information content (AvgIpc) is 2.81. The summed E-state index contributed by atoms with van der Waals surface area (Å²) in [5.41, 5.74) is 6.80. The number of hydrogen-bond donors (Lipinski definition) is 1. The Kier molecular flexibility index (Phi) is 5.62. The van der Waals surface area contributed by atoms with Crippen molar-refractivity contribution < 1.29 is 0 Å². The van der Waals surface area contributed by atoms with E-state index < -0.39 is 0 Å². The highest BCUT2D eigenvalue weighted by atomic mass is 79.9. The van der Waals surface area contributed by atoms with E-state index in [1.807, 2.05) is 12.3 Å². The van der Waals surface area contributed by atoms with Gasteiger partial charge in [0, 0.05) is 59.3 Å². The zero-order valence-corrected chi connectivity index (χ0v) is 19.1. The number of anilines is 3. The van der Waals surface area contributed by atoms with E-state index in [-0.39, 0.29) is 0 Å². The molecule has 1 fully saturated rings. The Morgan fingerprint density at radius 2 is 1.52 bits per heavy atom. The van der Waals surface area contributed by atoms with Gasteiger partial charge in [0.2, 0.25) is 0 Å². The summed E-state index contributed by atoms with van der Waals surface area (Å²) < 4.78 is 1.08. The molecule has 3 aromatic carbocycles. The third-order valence-corrected chi connectivity index (χ3v) is 6.46. The molecule has 1 saturated heterocycles. The van der Waals surface area contributed by atoms with Gasteiger partial charge in [0.05, 0.1) is 5.52 Å². The van der Waals surface area contributed by atoms with E-state index in [1.54, 1.807) is 0 Å². The number of hydrogen-bond acceptors (Lipinski definition) is 4. The maximum Gasteiger partial charge on any atom is 0.0723 e. The molecule has 0 aliphatic carbocycles. The van der Waals surface area contributed by atoms with Crippen LogP contribution in [0.15, 0.2) is 83.5 Å². The maximum atomic E-state index is 4.56. The summed E-state index contributed by atoms with van der Waals surface area (Å²) in [7, 11) is 2.19. The van der Waals surface area contributed by atoms with Crippen molar-refractivity contribution in [3.05, 3.63) is 83.5 Å². The van der Waals surface area contributed by atoms with Gasteiger partial charge in [-0.15, -0.1) is 0 Å². The summed E-state index contributed by atoms with van der Waals surface area (Å²) in [5.74, 6) is 0. The number of pyridine rings is 1. The molecule has 0 atom stereocenters. The van der Waals surface area contributed by atoms with Crippen molar-refractivity contribution in [1.82, 2.24) is 9.88 Å². The molecule has 0 radical (unpaired) electrons. The summed E-state index contributed by atoms with van der Waals surface area (Å²) in [4.78, 5) is 9.39. The number of likely N-dealkylation sites (N-methyl/N-ethyl adjacent to an activating group) is 1. The first kappa shape index (κ1) is 20.0. The Morgan fingerprint density at radius 3 is 2.26 bits per heavy atom. The first-order valence-electron chi connectivity index (χ1n) is 10.6. The normalized spacial score (nSPS) is 14.7. The lowest BCUT2D eigenvalue weighted by atomic mass is 10.0. The first-order chi connectivity index (χ1) is 15.2. The highest BCUT2D eigenvalue weighted by Gasteiger charge is 2.14. The second-order valence-electron chi connectivity index (χ2n) is 8.06. The van der Waals surface area contributed by atoms with Crippen LogP contribution in [0, 0.1) is 0 Å². The molecule has 31 heavy (non-hydrogen) atoms. The lowest BCUT2D eigenvalue weighted by Gasteiger charge is -2.34. The number of rotatable bonds is 4. The molecule has 5 rings (SSSR count). The second-order valence-corrected chi connectivity index (χ2v) is 8.98. The van der Waals surface area contributed by atoms with Crippen LogP contribution >= 0.6 is 15.9 Å². The molecule has 0 spiro atoms. The standard InChI is InChI=1S/C26H25BrN4/c1-30-14-16-31(17-15-30)23-9-7-22(8-10-23)29-26-12-13-28-25-11-4-20(18-24(25)26)19-2-5-21(27)6-3-19/h2-13,18H,14-17H2,1H3,(H,28,29). The van der Waals surface area contributed by atoms with E-state index in [2.05, 4.69) is 110 Å². The fraction of sp³-hybridized carbons (Fsp3) is 0.192. The van der Waals surface area contributed by atoms with Crippen LogP contribution in [-0.2, 0) is 0 Å². The number of piperazine rings is 1. The molecule has 4 aromatic rings. The van der Waals surface area contributed by atoms with Crippen molar-refractivity contribution in [3.8, 4) is 11.1 Å². The molecule has 2 heterocycles. The van der Waals surface area contributed by atoms with Crippen LogP contribution in [-0.4, -0.2) is 43.1 Å². The molecule has 4 nitrogen and oxygen atoms in total. The van der Waals surface area contributed by atoms with Crippen LogP contribution < -0.4 is 10.2 Å². The van der Waals surface area contributed by atoms with Gasteiger partial charge in [0.25, 0.3) is 0 Å². The monoisotopic (exact) mass is 472 g/mol. The molecule has 5 heteroatoms. The summed E-state index contributed by atoms with van der Waals surface area (Å²) in [6, 6.07) is 25.6. The highest BCUT2D eigenvalue weighted by Crippen LogP contribution is 2.31. The Balaban J connectivity index is 1.41. The van der Waals surface area contributed by atoms with Gasteiger partial charge in [-0.1, -0.05) is 34.1 Å². The summed E-state index contributed by atoms with van der Waals surface area (Å²) in [6.45, 7) is 4.39. The minimum absolute atomic E-state index is 0.986.